The maximum atomic E-state index is 13.3. The third-order valence-corrected chi connectivity index (χ3v) is 5.97. The largest absolute Gasteiger partial charge is 0.356 e. The molecule has 9 nitrogen and oxygen atoms in total. The van der Waals surface area contributed by atoms with Gasteiger partial charge in [0.1, 0.15) is 5.69 Å². The van der Waals surface area contributed by atoms with Gasteiger partial charge in [-0.1, -0.05) is 41.6 Å². The fourth-order valence-electron chi connectivity index (χ4n) is 4.23. The fourth-order valence-corrected chi connectivity index (χ4v) is 4.23. The van der Waals surface area contributed by atoms with E-state index in [-0.39, 0.29) is 18.4 Å². The lowest BCUT2D eigenvalue weighted by atomic mass is 10.1. The van der Waals surface area contributed by atoms with Gasteiger partial charge in [-0.3, -0.25) is 14.6 Å². The van der Waals surface area contributed by atoms with Crippen LogP contribution in [0.3, 0.4) is 0 Å². The van der Waals surface area contributed by atoms with Gasteiger partial charge in [-0.2, -0.15) is 0 Å². The molecular weight excluding hydrogens is 468 g/mol. The maximum absolute atomic E-state index is 13.3. The van der Waals surface area contributed by atoms with Gasteiger partial charge in [-0.15, -0.1) is 0 Å². The molecule has 186 valence electrons. The molecule has 5 aromatic rings. The number of amides is 2. The molecule has 0 unspecified atom stereocenters. The highest BCUT2D eigenvalue weighted by Gasteiger charge is 2.19. The predicted octanol–water partition coefficient (Wildman–Crippen LogP) is 4.56. The monoisotopic (exact) mass is 494 g/mol. The van der Waals surface area contributed by atoms with Gasteiger partial charge in [0.25, 0.3) is 5.91 Å². The minimum atomic E-state index is -0.229. The van der Waals surface area contributed by atoms with Crippen molar-refractivity contribution in [2.24, 2.45) is 0 Å². The third kappa shape index (κ3) is 5.40. The lowest BCUT2D eigenvalue weighted by Gasteiger charge is -2.17. The fraction of sp³-hybridized carbons (Fsp3) is 0.179. The molecule has 0 saturated heterocycles. The van der Waals surface area contributed by atoms with E-state index in [1.807, 2.05) is 59.2 Å². The van der Waals surface area contributed by atoms with Crippen LogP contribution in [0.2, 0.25) is 0 Å². The van der Waals surface area contributed by atoms with Crippen molar-refractivity contribution in [3.8, 4) is 11.3 Å². The second kappa shape index (κ2) is 10.4. The first kappa shape index (κ1) is 23.9. The molecule has 2 amide bonds. The number of hydrogen-bond acceptors (Lipinski definition) is 6. The van der Waals surface area contributed by atoms with Crippen LogP contribution in [0.15, 0.2) is 83.8 Å². The number of imidazole rings is 1. The summed E-state index contributed by atoms with van der Waals surface area (Å²) < 4.78 is 7.43. The molecule has 3 aromatic heterocycles. The number of hydrogen-bond donors (Lipinski definition) is 1. The highest BCUT2D eigenvalue weighted by molar-refractivity contribution is 6.04. The molecule has 0 aliphatic heterocycles. The summed E-state index contributed by atoms with van der Waals surface area (Å²) in [5.41, 5.74) is 4.85. The molecule has 0 atom stereocenters. The van der Waals surface area contributed by atoms with Gasteiger partial charge < -0.3 is 19.3 Å². The summed E-state index contributed by atoms with van der Waals surface area (Å²) in [6.07, 6.45) is 4.19. The minimum absolute atomic E-state index is 0.221. The number of nitrogens with zero attached hydrogens (tertiary/aromatic N) is 5. The standard InChI is InChI=1S/C28H26N6O3/c1-19(35)31-25-15-21(14-24-27(25)34(18-30-24)13-11-22-10-6-7-12-29-22)28(36)33(2)17-23-16-26(37-32-23)20-8-4-3-5-9-20/h3-10,12,14-16,18H,11,13,17H2,1-2H3,(H,31,35). The van der Waals surface area contributed by atoms with Crippen molar-refractivity contribution in [1.29, 1.82) is 0 Å². The maximum Gasteiger partial charge on any atom is 0.254 e. The van der Waals surface area contributed by atoms with Crippen LogP contribution in [0.5, 0.6) is 0 Å². The summed E-state index contributed by atoms with van der Waals surface area (Å²) in [5, 5.41) is 6.98. The zero-order valence-corrected chi connectivity index (χ0v) is 20.6. The van der Waals surface area contributed by atoms with Crippen molar-refractivity contribution in [1.82, 2.24) is 24.6 Å². The highest BCUT2D eigenvalue weighted by atomic mass is 16.5. The Morgan fingerprint density at radius 2 is 1.81 bits per heavy atom. The molecule has 0 bridgehead atoms. The van der Waals surface area contributed by atoms with Gasteiger partial charge >= 0.3 is 0 Å². The quantitative estimate of drug-likeness (QED) is 0.339. The van der Waals surface area contributed by atoms with Crippen molar-refractivity contribution >= 4 is 28.5 Å². The van der Waals surface area contributed by atoms with E-state index >= 15 is 0 Å². The van der Waals surface area contributed by atoms with Crippen molar-refractivity contribution in [3.63, 3.8) is 0 Å². The van der Waals surface area contributed by atoms with Crippen LogP contribution in [0.25, 0.3) is 22.4 Å². The molecule has 2 aromatic carbocycles. The Balaban J connectivity index is 1.38. The van der Waals surface area contributed by atoms with Gasteiger partial charge in [-0.25, -0.2) is 4.98 Å². The molecule has 0 aliphatic rings. The minimum Gasteiger partial charge on any atom is -0.356 e. The normalized spacial score (nSPS) is 11.0. The Labute approximate surface area is 213 Å². The number of nitrogens with one attached hydrogen (secondary N) is 1. The summed E-state index contributed by atoms with van der Waals surface area (Å²) in [7, 11) is 1.70. The SMILES string of the molecule is CC(=O)Nc1cc(C(=O)N(C)Cc2cc(-c3ccccc3)on2)cc2ncn(CCc3ccccn3)c12. The molecule has 0 saturated carbocycles. The van der Waals surface area contributed by atoms with Gasteiger partial charge in [0.05, 0.1) is 29.6 Å². The predicted molar refractivity (Wildman–Crippen MR) is 140 cm³/mol. The van der Waals surface area contributed by atoms with Crippen LogP contribution in [-0.2, 0) is 24.3 Å². The zero-order chi connectivity index (χ0) is 25.8. The summed E-state index contributed by atoms with van der Waals surface area (Å²) in [5.74, 6) is 0.190. The van der Waals surface area contributed by atoms with E-state index in [0.717, 1.165) is 16.8 Å². The Bertz CT molecular complexity index is 1540. The average molecular weight is 495 g/mol. The molecule has 1 N–H and O–H groups in total. The molecular formula is C28H26N6O3. The summed E-state index contributed by atoms with van der Waals surface area (Å²) in [6, 6.07) is 20.7. The van der Waals surface area contributed by atoms with E-state index in [2.05, 4.69) is 20.4 Å². The smallest absolute Gasteiger partial charge is 0.254 e. The number of carbonyl (C=O) groups excluding carboxylic acids is 2. The number of carbonyl (C=O) groups is 2. The first-order valence-electron chi connectivity index (χ1n) is 11.9. The van der Waals surface area contributed by atoms with E-state index in [9.17, 15) is 9.59 Å². The molecule has 3 heterocycles. The van der Waals surface area contributed by atoms with Gasteiger partial charge in [0.2, 0.25) is 5.91 Å². The molecule has 5 rings (SSSR count). The van der Waals surface area contributed by atoms with Crippen molar-refractivity contribution in [2.45, 2.75) is 26.4 Å². The van der Waals surface area contributed by atoms with Gasteiger partial charge in [-0.05, 0) is 24.3 Å². The number of aromatic nitrogens is 4. The highest BCUT2D eigenvalue weighted by Crippen LogP contribution is 2.27. The molecule has 0 spiro atoms. The molecule has 0 radical (unpaired) electrons. The summed E-state index contributed by atoms with van der Waals surface area (Å²) in [4.78, 5) is 35.8. The zero-order valence-electron chi connectivity index (χ0n) is 20.6. The first-order chi connectivity index (χ1) is 18.0. The van der Waals surface area contributed by atoms with Crippen molar-refractivity contribution in [2.75, 3.05) is 12.4 Å². The average Bonchev–Trinajstić information content (AvgIpc) is 3.55. The van der Waals surface area contributed by atoms with Gasteiger partial charge in [0.15, 0.2) is 5.76 Å². The van der Waals surface area contributed by atoms with Crippen LogP contribution in [0.1, 0.15) is 28.7 Å². The lowest BCUT2D eigenvalue weighted by Crippen LogP contribution is -2.26. The van der Waals surface area contributed by atoms with E-state index in [4.69, 9.17) is 4.52 Å². The topological polar surface area (TPSA) is 106 Å². The van der Waals surface area contributed by atoms with Crippen LogP contribution in [-0.4, -0.2) is 43.5 Å². The van der Waals surface area contributed by atoms with Crippen LogP contribution in [0.4, 0.5) is 5.69 Å². The number of rotatable bonds is 8. The van der Waals surface area contributed by atoms with E-state index in [1.54, 1.807) is 36.6 Å². The second-order valence-corrected chi connectivity index (χ2v) is 8.79. The lowest BCUT2D eigenvalue weighted by molar-refractivity contribution is -0.114. The summed E-state index contributed by atoms with van der Waals surface area (Å²) in [6.45, 7) is 2.33. The van der Waals surface area contributed by atoms with Crippen molar-refractivity contribution in [3.05, 3.63) is 96.2 Å². The Morgan fingerprint density at radius 3 is 2.57 bits per heavy atom. The Kier molecular flexibility index (Phi) is 6.76. The Hall–Kier alpha value is -4.79. The van der Waals surface area contributed by atoms with E-state index < -0.39 is 0 Å². The van der Waals surface area contributed by atoms with E-state index in [1.165, 1.54) is 6.92 Å². The first-order valence-corrected chi connectivity index (χ1v) is 11.9. The number of benzene rings is 2. The Morgan fingerprint density at radius 1 is 1.00 bits per heavy atom. The number of aryl methyl sites for hydroxylation is 2. The van der Waals surface area contributed by atoms with Crippen LogP contribution in [0, 0.1) is 0 Å². The number of fused-ring (bicyclic) bond motifs is 1. The molecule has 9 heteroatoms. The van der Waals surface area contributed by atoms with Gasteiger partial charge in [0, 0.05) is 56.0 Å². The number of pyridine rings is 1. The van der Waals surface area contributed by atoms with Crippen LogP contribution >= 0.6 is 0 Å². The molecule has 0 aliphatic carbocycles. The van der Waals surface area contributed by atoms with E-state index in [0.29, 0.717) is 41.2 Å². The molecule has 37 heavy (non-hydrogen) atoms. The second-order valence-electron chi connectivity index (χ2n) is 8.79. The summed E-state index contributed by atoms with van der Waals surface area (Å²) >= 11 is 0. The molecule has 0 fully saturated rings. The van der Waals surface area contributed by atoms with Crippen molar-refractivity contribution < 1.29 is 14.1 Å². The third-order valence-electron chi connectivity index (χ3n) is 5.97. The number of anilines is 1. The van der Waals surface area contributed by atoms with Crippen LogP contribution < -0.4 is 5.32 Å².